The lowest BCUT2D eigenvalue weighted by atomic mass is 9.97. The Kier molecular flexibility index (Phi) is 5.64. The number of nitrogens with one attached hydrogen (secondary N) is 1. The van der Waals surface area contributed by atoms with Gasteiger partial charge in [-0.2, -0.15) is 0 Å². The molecule has 0 bridgehead atoms. The number of benzene rings is 1. The van der Waals surface area contributed by atoms with Crippen LogP contribution in [0.4, 0.5) is 14.9 Å². The molecule has 1 N–H and O–H groups in total. The third-order valence-corrected chi connectivity index (χ3v) is 4.67. The summed E-state index contributed by atoms with van der Waals surface area (Å²) in [5.41, 5.74) is 0.153. The van der Waals surface area contributed by atoms with Crippen LogP contribution in [0.3, 0.4) is 0 Å². The first-order valence-electron chi connectivity index (χ1n) is 7.65. The summed E-state index contributed by atoms with van der Waals surface area (Å²) in [7, 11) is 1.77. The molecule has 1 aromatic carbocycles. The van der Waals surface area contributed by atoms with E-state index < -0.39 is 5.82 Å². The predicted molar refractivity (Wildman–Crippen MR) is 87.9 cm³/mol. The first kappa shape index (κ1) is 17.0. The topological polar surface area (TPSA) is 35.6 Å². The van der Waals surface area contributed by atoms with Crippen molar-refractivity contribution in [1.82, 2.24) is 9.80 Å². The second-order valence-corrected chi connectivity index (χ2v) is 6.26. The van der Waals surface area contributed by atoms with Gasteiger partial charge in [-0.25, -0.2) is 9.18 Å². The Bertz CT molecular complexity index is 540. The van der Waals surface area contributed by atoms with Crippen molar-refractivity contribution in [1.29, 1.82) is 0 Å². The fraction of sp³-hybridized carbons (Fsp3) is 0.562. The summed E-state index contributed by atoms with van der Waals surface area (Å²) in [4.78, 5) is 16.4. The molecule has 2 atom stereocenters. The molecule has 22 heavy (non-hydrogen) atoms. The molecule has 1 aliphatic rings. The largest absolute Gasteiger partial charge is 0.325 e. The van der Waals surface area contributed by atoms with Crippen molar-refractivity contribution in [2.45, 2.75) is 38.8 Å². The first-order chi connectivity index (χ1) is 10.4. The van der Waals surface area contributed by atoms with Crippen LogP contribution in [-0.2, 0) is 0 Å². The number of amides is 2. The number of halogens is 2. The van der Waals surface area contributed by atoms with Gasteiger partial charge in [-0.3, -0.25) is 0 Å². The minimum atomic E-state index is -0.525. The summed E-state index contributed by atoms with van der Waals surface area (Å²) in [5.74, 6) is -0.525. The maximum atomic E-state index is 13.8. The van der Waals surface area contributed by atoms with E-state index in [1.807, 2.05) is 0 Å². The standard InChI is InChI=1S/C16H23ClFN3O/c1-4-21-8-7-13(9-11(21)2)20(3)16(22)19-15-6-5-12(17)10-14(15)18/h5-6,10-11,13H,4,7-9H2,1-3H3,(H,19,22)/t11-,13+/m1/s1. The van der Waals surface area contributed by atoms with Crippen molar-refractivity contribution in [3.8, 4) is 0 Å². The number of carbonyl (C=O) groups is 1. The van der Waals surface area contributed by atoms with Gasteiger partial charge < -0.3 is 15.1 Å². The molecule has 0 radical (unpaired) electrons. The molecule has 0 spiro atoms. The van der Waals surface area contributed by atoms with E-state index in [0.717, 1.165) is 25.9 Å². The molecule has 0 aliphatic carbocycles. The molecule has 2 rings (SSSR count). The number of carbonyl (C=O) groups excluding carboxylic acids is 1. The number of hydrogen-bond donors (Lipinski definition) is 1. The second kappa shape index (κ2) is 7.29. The molecule has 0 unspecified atom stereocenters. The van der Waals surface area contributed by atoms with E-state index in [0.29, 0.717) is 11.1 Å². The van der Waals surface area contributed by atoms with Crippen LogP contribution >= 0.6 is 11.6 Å². The summed E-state index contributed by atoms with van der Waals surface area (Å²) in [6, 6.07) is 4.56. The second-order valence-electron chi connectivity index (χ2n) is 5.82. The molecular weight excluding hydrogens is 305 g/mol. The average Bonchev–Trinajstić information content (AvgIpc) is 2.49. The molecule has 1 aromatic rings. The van der Waals surface area contributed by atoms with Crippen molar-refractivity contribution >= 4 is 23.3 Å². The average molecular weight is 328 g/mol. The van der Waals surface area contributed by atoms with Gasteiger partial charge in [0, 0.05) is 30.7 Å². The fourth-order valence-corrected chi connectivity index (χ4v) is 3.14. The van der Waals surface area contributed by atoms with Gasteiger partial charge in [-0.1, -0.05) is 18.5 Å². The number of rotatable bonds is 3. The van der Waals surface area contributed by atoms with E-state index in [9.17, 15) is 9.18 Å². The van der Waals surface area contributed by atoms with E-state index >= 15 is 0 Å². The van der Waals surface area contributed by atoms with Crippen molar-refractivity contribution in [2.24, 2.45) is 0 Å². The van der Waals surface area contributed by atoms with Crippen molar-refractivity contribution in [3.63, 3.8) is 0 Å². The third kappa shape index (κ3) is 3.90. The minimum absolute atomic E-state index is 0.153. The molecule has 1 heterocycles. The van der Waals surface area contributed by atoms with Gasteiger partial charge in [0.15, 0.2) is 0 Å². The van der Waals surface area contributed by atoms with Crippen LogP contribution in [0, 0.1) is 5.82 Å². The van der Waals surface area contributed by atoms with Crippen LogP contribution in [0.1, 0.15) is 26.7 Å². The van der Waals surface area contributed by atoms with E-state index in [1.165, 1.54) is 12.1 Å². The number of likely N-dealkylation sites (tertiary alicyclic amines) is 1. The first-order valence-corrected chi connectivity index (χ1v) is 8.03. The minimum Gasteiger partial charge on any atom is -0.325 e. The monoisotopic (exact) mass is 327 g/mol. The molecular formula is C16H23ClFN3O. The Labute approximate surface area is 136 Å². The van der Waals surface area contributed by atoms with E-state index in [2.05, 4.69) is 24.1 Å². The van der Waals surface area contributed by atoms with Gasteiger partial charge in [0.05, 0.1) is 5.69 Å². The number of hydrogen-bond acceptors (Lipinski definition) is 2. The van der Waals surface area contributed by atoms with Crippen LogP contribution in [0.25, 0.3) is 0 Å². The van der Waals surface area contributed by atoms with E-state index in [4.69, 9.17) is 11.6 Å². The zero-order valence-corrected chi connectivity index (χ0v) is 14.0. The molecule has 1 aliphatic heterocycles. The third-order valence-electron chi connectivity index (χ3n) is 4.43. The van der Waals surface area contributed by atoms with Crippen LogP contribution in [-0.4, -0.2) is 48.1 Å². The Morgan fingerprint density at radius 1 is 1.55 bits per heavy atom. The summed E-state index contributed by atoms with van der Waals surface area (Å²) in [6.07, 6.45) is 1.87. The SMILES string of the molecule is CCN1CC[C@H](N(C)C(=O)Nc2ccc(Cl)cc2F)C[C@H]1C. The molecule has 4 nitrogen and oxygen atoms in total. The van der Waals surface area contributed by atoms with E-state index in [1.54, 1.807) is 18.0 Å². The summed E-state index contributed by atoms with van der Waals surface area (Å²) >= 11 is 5.71. The van der Waals surface area contributed by atoms with Gasteiger partial charge in [0.1, 0.15) is 5.82 Å². The summed E-state index contributed by atoms with van der Waals surface area (Å²) in [5, 5.41) is 2.92. The molecule has 1 fully saturated rings. The number of anilines is 1. The van der Waals surface area contributed by atoms with Crippen molar-refractivity contribution in [2.75, 3.05) is 25.5 Å². The highest BCUT2D eigenvalue weighted by Crippen LogP contribution is 2.23. The van der Waals surface area contributed by atoms with Crippen LogP contribution in [0.5, 0.6) is 0 Å². The Morgan fingerprint density at radius 3 is 2.86 bits per heavy atom. The highest BCUT2D eigenvalue weighted by molar-refractivity contribution is 6.30. The molecule has 6 heteroatoms. The van der Waals surface area contributed by atoms with Crippen molar-refractivity contribution < 1.29 is 9.18 Å². The lowest BCUT2D eigenvalue weighted by Gasteiger charge is -2.40. The highest BCUT2D eigenvalue weighted by atomic mass is 35.5. The molecule has 122 valence electrons. The predicted octanol–water partition coefficient (Wildman–Crippen LogP) is 3.82. The lowest BCUT2D eigenvalue weighted by molar-refractivity contribution is 0.104. The fourth-order valence-electron chi connectivity index (χ4n) is 2.98. The maximum Gasteiger partial charge on any atom is 0.321 e. The molecule has 1 saturated heterocycles. The maximum absolute atomic E-state index is 13.8. The Morgan fingerprint density at radius 2 is 2.27 bits per heavy atom. The molecule has 0 saturated carbocycles. The van der Waals surface area contributed by atoms with Gasteiger partial charge in [-0.15, -0.1) is 0 Å². The summed E-state index contributed by atoms with van der Waals surface area (Å²) in [6.45, 7) is 6.34. The van der Waals surface area contributed by atoms with Gasteiger partial charge in [-0.05, 0) is 44.5 Å². The van der Waals surface area contributed by atoms with Gasteiger partial charge in [0.25, 0.3) is 0 Å². The highest BCUT2D eigenvalue weighted by Gasteiger charge is 2.29. The number of nitrogens with zero attached hydrogens (tertiary/aromatic N) is 2. The number of piperidine rings is 1. The number of urea groups is 1. The van der Waals surface area contributed by atoms with Gasteiger partial charge >= 0.3 is 6.03 Å². The van der Waals surface area contributed by atoms with Crippen molar-refractivity contribution in [3.05, 3.63) is 29.0 Å². The zero-order valence-electron chi connectivity index (χ0n) is 13.3. The van der Waals surface area contributed by atoms with Gasteiger partial charge in [0.2, 0.25) is 0 Å². The van der Waals surface area contributed by atoms with Crippen LogP contribution in [0.2, 0.25) is 5.02 Å². The summed E-state index contributed by atoms with van der Waals surface area (Å²) < 4.78 is 13.8. The quantitative estimate of drug-likeness (QED) is 0.916. The lowest BCUT2D eigenvalue weighted by Crippen LogP contribution is -2.50. The van der Waals surface area contributed by atoms with Crippen LogP contribution in [0.15, 0.2) is 18.2 Å². The normalized spacial score (nSPS) is 22.4. The Balaban J connectivity index is 1.97. The van der Waals surface area contributed by atoms with Crippen LogP contribution < -0.4 is 5.32 Å². The zero-order chi connectivity index (χ0) is 16.3. The molecule has 2 amide bonds. The smallest absolute Gasteiger partial charge is 0.321 e. The van der Waals surface area contributed by atoms with E-state index in [-0.39, 0.29) is 17.8 Å². The Hall–Kier alpha value is -1.33. The molecule has 0 aromatic heterocycles.